The summed E-state index contributed by atoms with van der Waals surface area (Å²) in [5.74, 6) is -0.0369. The Labute approximate surface area is 143 Å². The fraction of sp³-hybridized carbons (Fsp3) is 0.350. The summed E-state index contributed by atoms with van der Waals surface area (Å²) in [5.41, 5.74) is 1.04. The van der Waals surface area contributed by atoms with Crippen molar-refractivity contribution in [3.63, 3.8) is 0 Å². The number of amides is 1. The van der Waals surface area contributed by atoms with Crippen LogP contribution < -0.4 is 5.32 Å². The van der Waals surface area contributed by atoms with Crippen molar-refractivity contribution in [3.8, 4) is 0 Å². The van der Waals surface area contributed by atoms with Gasteiger partial charge >= 0.3 is 0 Å². The van der Waals surface area contributed by atoms with Crippen LogP contribution in [0, 0.1) is 0 Å². The molecule has 0 spiro atoms. The van der Waals surface area contributed by atoms with Crippen LogP contribution >= 0.6 is 0 Å². The Bertz CT molecular complexity index is 706. The van der Waals surface area contributed by atoms with E-state index in [9.17, 15) is 4.79 Å². The molecular formula is C20H24N2O2. The highest BCUT2D eigenvalue weighted by Crippen LogP contribution is 2.16. The molecule has 2 aromatic rings. The SMILES string of the molecule is O=C(C=Cc1ccc2ccccc2c1)NCCCN1CCOCC1. The minimum atomic E-state index is -0.0369. The summed E-state index contributed by atoms with van der Waals surface area (Å²) < 4.78 is 5.32. The minimum Gasteiger partial charge on any atom is -0.379 e. The van der Waals surface area contributed by atoms with E-state index >= 15 is 0 Å². The number of nitrogens with zero attached hydrogens (tertiary/aromatic N) is 1. The molecule has 1 aliphatic heterocycles. The molecule has 1 aliphatic rings. The van der Waals surface area contributed by atoms with E-state index in [0.717, 1.165) is 44.8 Å². The second kappa shape index (κ2) is 8.62. The molecule has 1 N–H and O–H groups in total. The first-order chi connectivity index (χ1) is 11.8. The molecule has 0 saturated carbocycles. The van der Waals surface area contributed by atoms with Gasteiger partial charge in [-0.2, -0.15) is 0 Å². The van der Waals surface area contributed by atoms with E-state index in [0.29, 0.717) is 6.54 Å². The largest absolute Gasteiger partial charge is 0.379 e. The number of fused-ring (bicyclic) bond motifs is 1. The highest BCUT2D eigenvalue weighted by atomic mass is 16.5. The lowest BCUT2D eigenvalue weighted by atomic mass is 10.1. The van der Waals surface area contributed by atoms with E-state index < -0.39 is 0 Å². The number of nitrogens with one attached hydrogen (secondary N) is 1. The average Bonchev–Trinajstić information content (AvgIpc) is 2.64. The standard InChI is InChI=1S/C20H24N2O2/c23-20(21-10-3-11-22-12-14-24-15-13-22)9-7-17-6-8-18-4-1-2-5-19(18)16-17/h1-2,4-9,16H,3,10-15H2,(H,21,23). The van der Waals surface area contributed by atoms with Crippen molar-refractivity contribution in [3.05, 3.63) is 54.1 Å². The van der Waals surface area contributed by atoms with Crippen LogP contribution in [0.3, 0.4) is 0 Å². The van der Waals surface area contributed by atoms with E-state index in [4.69, 9.17) is 4.74 Å². The zero-order valence-electron chi connectivity index (χ0n) is 13.9. The van der Waals surface area contributed by atoms with Crippen LogP contribution in [-0.4, -0.2) is 50.2 Å². The number of benzene rings is 2. The maximum Gasteiger partial charge on any atom is 0.243 e. The number of ether oxygens (including phenoxy) is 1. The maximum atomic E-state index is 11.9. The monoisotopic (exact) mass is 324 g/mol. The summed E-state index contributed by atoms with van der Waals surface area (Å²) >= 11 is 0. The van der Waals surface area contributed by atoms with Gasteiger partial charge in [0.05, 0.1) is 13.2 Å². The van der Waals surface area contributed by atoms with Gasteiger partial charge in [0.2, 0.25) is 5.91 Å². The summed E-state index contributed by atoms with van der Waals surface area (Å²) in [4.78, 5) is 14.3. The molecule has 0 radical (unpaired) electrons. The van der Waals surface area contributed by atoms with Gasteiger partial charge in [0.15, 0.2) is 0 Å². The highest BCUT2D eigenvalue weighted by molar-refractivity contribution is 5.92. The molecule has 2 aromatic carbocycles. The Morgan fingerprint density at radius 3 is 2.75 bits per heavy atom. The third-order valence-corrected chi connectivity index (χ3v) is 4.25. The lowest BCUT2D eigenvalue weighted by Crippen LogP contribution is -2.38. The van der Waals surface area contributed by atoms with Crippen molar-refractivity contribution in [2.24, 2.45) is 0 Å². The van der Waals surface area contributed by atoms with E-state index in [-0.39, 0.29) is 5.91 Å². The predicted molar refractivity (Wildman–Crippen MR) is 97.9 cm³/mol. The van der Waals surface area contributed by atoms with E-state index in [1.165, 1.54) is 10.8 Å². The quantitative estimate of drug-likeness (QED) is 0.656. The topological polar surface area (TPSA) is 41.6 Å². The average molecular weight is 324 g/mol. The van der Waals surface area contributed by atoms with Crippen molar-refractivity contribution in [1.82, 2.24) is 10.2 Å². The molecule has 0 aromatic heterocycles. The fourth-order valence-electron chi connectivity index (χ4n) is 2.88. The number of carbonyl (C=O) groups is 1. The summed E-state index contributed by atoms with van der Waals surface area (Å²) in [6.07, 6.45) is 4.44. The van der Waals surface area contributed by atoms with Gasteiger partial charge in [0.1, 0.15) is 0 Å². The first kappa shape index (κ1) is 16.7. The molecule has 0 atom stereocenters. The molecule has 4 nitrogen and oxygen atoms in total. The second-order valence-corrected chi connectivity index (χ2v) is 6.04. The van der Waals surface area contributed by atoms with Crippen molar-refractivity contribution in [2.45, 2.75) is 6.42 Å². The first-order valence-electron chi connectivity index (χ1n) is 8.56. The van der Waals surface area contributed by atoms with Crippen molar-refractivity contribution in [2.75, 3.05) is 39.4 Å². The molecule has 24 heavy (non-hydrogen) atoms. The zero-order valence-corrected chi connectivity index (χ0v) is 13.9. The van der Waals surface area contributed by atoms with Gasteiger partial charge in [-0.05, 0) is 41.4 Å². The Kier molecular flexibility index (Phi) is 5.99. The smallest absolute Gasteiger partial charge is 0.243 e. The third kappa shape index (κ3) is 4.91. The van der Waals surface area contributed by atoms with Gasteiger partial charge in [-0.3, -0.25) is 9.69 Å². The third-order valence-electron chi connectivity index (χ3n) is 4.25. The molecule has 1 fully saturated rings. The molecule has 4 heteroatoms. The fourth-order valence-corrected chi connectivity index (χ4v) is 2.88. The Balaban J connectivity index is 1.42. The van der Waals surface area contributed by atoms with Gasteiger partial charge in [-0.15, -0.1) is 0 Å². The second-order valence-electron chi connectivity index (χ2n) is 6.04. The predicted octanol–water partition coefficient (Wildman–Crippen LogP) is 2.69. The molecule has 126 valence electrons. The molecule has 0 bridgehead atoms. The number of hydrogen-bond donors (Lipinski definition) is 1. The molecule has 1 saturated heterocycles. The number of hydrogen-bond acceptors (Lipinski definition) is 3. The molecule has 1 amide bonds. The van der Waals surface area contributed by atoms with Gasteiger partial charge < -0.3 is 10.1 Å². The van der Waals surface area contributed by atoms with Crippen molar-refractivity contribution in [1.29, 1.82) is 0 Å². The van der Waals surface area contributed by atoms with Gasteiger partial charge in [-0.25, -0.2) is 0 Å². The summed E-state index contributed by atoms with van der Waals surface area (Å²) in [6.45, 7) is 5.35. The Hall–Kier alpha value is -2.17. The normalized spacial score (nSPS) is 15.8. The Morgan fingerprint density at radius 1 is 1.12 bits per heavy atom. The lowest BCUT2D eigenvalue weighted by Gasteiger charge is -2.26. The minimum absolute atomic E-state index is 0.0369. The number of morpholine rings is 1. The van der Waals surface area contributed by atoms with E-state index in [1.54, 1.807) is 6.08 Å². The van der Waals surface area contributed by atoms with Gasteiger partial charge in [0, 0.05) is 25.7 Å². The number of rotatable bonds is 6. The van der Waals surface area contributed by atoms with Crippen LogP contribution in [0.25, 0.3) is 16.8 Å². The molecule has 0 unspecified atom stereocenters. The molecule has 0 aliphatic carbocycles. The van der Waals surface area contributed by atoms with Crippen LogP contribution in [0.1, 0.15) is 12.0 Å². The zero-order chi connectivity index (χ0) is 16.6. The summed E-state index contributed by atoms with van der Waals surface area (Å²) in [6, 6.07) is 14.4. The van der Waals surface area contributed by atoms with E-state index in [2.05, 4.69) is 34.5 Å². The molecular weight excluding hydrogens is 300 g/mol. The van der Waals surface area contributed by atoms with Crippen LogP contribution in [0.5, 0.6) is 0 Å². The van der Waals surface area contributed by atoms with Crippen LogP contribution in [0.15, 0.2) is 48.5 Å². The highest BCUT2D eigenvalue weighted by Gasteiger charge is 2.09. The lowest BCUT2D eigenvalue weighted by molar-refractivity contribution is -0.116. The molecule has 3 rings (SSSR count). The summed E-state index contributed by atoms with van der Waals surface area (Å²) in [5, 5.41) is 5.34. The Morgan fingerprint density at radius 2 is 1.92 bits per heavy atom. The van der Waals surface area contributed by atoms with Gasteiger partial charge in [-0.1, -0.05) is 36.4 Å². The van der Waals surface area contributed by atoms with Crippen molar-refractivity contribution < 1.29 is 9.53 Å². The first-order valence-corrected chi connectivity index (χ1v) is 8.56. The van der Waals surface area contributed by atoms with Crippen molar-refractivity contribution >= 4 is 22.8 Å². The van der Waals surface area contributed by atoms with Crippen LogP contribution in [0.4, 0.5) is 0 Å². The van der Waals surface area contributed by atoms with Crippen LogP contribution in [-0.2, 0) is 9.53 Å². The molecule has 1 heterocycles. The maximum absolute atomic E-state index is 11.9. The van der Waals surface area contributed by atoms with Gasteiger partial charge in [0.25, 0.3) is 0 Å². The van der Waals surface area contributed by atoms with E-state index in [1.807, 2.05) is 24.3 Å². The summed E-state index contributed by atoms with van der Waals surface area (Å²) in [7, 11) is 0. The number of carbonyl (C=O) groups excluding carboxylic acids is 1. The van der Waals surface area contributed by atoms with Crippen LogP contribution in [0.2, 0.25) is 0 Å².